The predicted molar refractivity (Wildman–Crippen MR) is 117 cm³/mol. The lowest BCUT2D eigenvalue weighted by atomic mass is 9.88. The van der Waals surface area contributed by atoms with Crippen LogP contribution in [0.1, 0.15) is 37.3 Å². The quantitative estimate of drug-likeness (QED) is 0.487. The van der Waals surface area contributed by atoms with E-state index in [1.165, 1.54) is 11.1 Å². The van der Waals surface area contributed by atoms with Crippen molar-refractivity contribution in [2.75, 3.05) is 27.2 Å². The first-order valence-electron chi connectivity index (χ1n) is 9.74. The van der Waals surface area contributed by atoms with Gasteiger partial charge in [-0.3, -0.25) is 9.79 Å². The van der Waals surface area contributed by atoms with Gasteiger partial charge in [0.1, 0.15) is 0 Å². The fourth-order valence-electron chi connectivity index (χ4n) is 3.18. The Balaban J connectivity index is 1.96. The highest BCUT2D eigenvalue weighted by Gasteiger charge is 2.26. The summed E-state index contributed by atoms with van der Waals surface area (Å²) in [4.78, 5) is 16.2. The molecule has 150 valence electrons. The highest BCUT2D eigenvalue weighted by Crippen LogP contribution is 2.27. The second-order valence-corrected chi connectivity index (χ2v) is 7.48. The van der Waals surface area contributed by atoms with E-state index in [1.54, 1.807) is 14.1 Å². The van der Waals surface area contributed by atoms with Crippen molar-refractivity contribution < 1.29 is 4.79 Å². The minimum absolute atomic E-state index is 0.00340. The Morgan fingerprint density at radius 1 is 0.964 bits per heavy atom. The molecule has 0 aliphatic rings. The number of aliphatic imine (C=N–C) groups is 1. The van der Waals surface area contributed by atoms with Crippen molar-refractivity contribution >= 4 is 11.9 Å². The molecule has 0 atom stereocenters. The second-order valence-electron chi connectivity index (χ2n) is 7.48. The Bertz CT molecular complexity index is 717. The summed E-state index contributed by atoms with van der Waals surface area (Å²) in [5.41, 5.74) is 2.10. The van der Waals surface area contributed by atoms with Crippen LogP contribution in [0.3, 0.4) is 0 Å². The van der Waals surface area contributed by atoms with Gasteiger partial charge < -0.3 is 16.0 Å². The minimum Gasteiger partial charge on any atom is -0.359 e. The number of hydrogen-bond donors (Lipinski definition) is 3. The van der Waals surface area contributed by atoms with Crippen LogP contribution >= 0.6 is 0 Å². The van der Waals surface area contributed by atoms with Crippen molar-refractivity contribution in [3.63, 3.8) is 0 Å². The molecule has 0 heterocycles. The number of rotatable bonds is 8. The van der Waals surface area contributed by atoms with Gasteiger partial charge >= 0.3 is 0 Å². The summed E-state index contributed by atoms with van der Waals surface area (Å²) in [5.74, 6) is 1.02. The number of carbonyl (C=O) groups is 1. The maximum absolute atomic E-state index is 11.9. The van der Waals surface area contributed by atoms with Crippen LogP contribution in [0.25, 0.3) is 0 Å². The van der Waals surface area contributed by atoms with Gasteiger partial charge in [-0.05, 0) is 31.4 Å². The van der Waals surface area contributed by atoms with Gasteiger partial charge in [-0.25, -0.2) is 0 Å². The highest BCUT2D eigenvalue weighted by atomic mass is 16.2. The molecule has 28 heavy (non-hydrogen) atoms. The fourth-order valence-corrected chi connectivity index (χ4v) is 3.18. The van der Waals surface area contributed by atoms with Crippen LogP contribution < -0.4 is 16.0 Å². The van der Waals surface area contributed by atoms with E-state index in [0.29, 0.717) is 18.4 Å². The number of carbonyl (C=O) groups excluding carboxylic acids is 1. The third-order valence-corrected chi connectivity index (χ3v) is 4.89. The second kappa shape index (κ2) is 10.5. The van der Waals surface area contributed by atoms with E-state index in [1.807, 2.05) is 26.0 Å². The number of nitrogens with zero attached hydrogens (tertiary/aromatic N) is 1. The van der Waals surface area contributed by atoms with Crippen molar-refractivity contribution in [1.29, 1.82) is 0 Å². The van der Waals surface area contributed by atoms with Crippen molar-refractivity contribution in [2.45, 2.75) is 26.2 Å². The third kappa shape index (κ3) is 6.12. The Labute approximate surface area is 168 Å². The molecule has 0 saturated heterocycles. The molecule has 2 aromatic rings. The van der Waals surface area contributed by atoms with Gasteiger partial charge in [-0.15, -0.1) is 0 Å². The van der Waals surface area contributed by atoms with Crippen LogP contribution in [-0.4, -0.2) is 39.1 Å². The lowest BCUT2D eigenvalue weighted by Crippen LogP contribution is -2.47. The SMILES string of the molecule is CN=C(NCCC(c1ccccc1)c1ccccc1)NCC(C)(C)C(=O)NC. The monoisotopic (exact) mass is 380 g/mol. The molecule has 1 amide bonds. The summed E-state index contributed by atoms with van der Waals surface area (Å²) >= 11 is 0. The molecule has 0 aliphatic carbocycles. The number of hydrogen-bond acceptors (Lipinski definition) is 2. The molecule has 0 bridgehead atoms. The van der Waals surface area contributed by atoms with E-state index >= 15 is 0 Å². The van der Waals surface area contributed by atoms with Crippen LogP contribution in [0.5, 0.6) is 0 Å². The fraction of sp³-hybridized carbons (Fsp3) is 0.391. The third-order valence-electron chi connectivity index (χ3n) is 4.89. The van der Waals surface area contributed by atoms with Gasteiger partial charge in [-0.1, -0.05) is 60.7 Å². The Morgan fingerprint density at radius 3 is 1.96 bits per heavy atom. The maximum Gasteiger partial charge on any atom is 0.227 e. The van der Waals surface area contributed by atoms with E-state index in [9.17, 15) is 4.79 Å². The average Bonchev–Trinajstić information content (AvgIpc) is 2.74. The Kier molecular flexibility index (Phi) is 8.05. The smallest absolute Gasteiger partial charge is 0.227 e. The molecule has 5 heteroatoms. The molecule has 0 aliphatic heterocycles. The number of amides is 1. The Morgan fingerprint density at radius 2 is 1.50 bits per heavy atom. The summed E-state index contributed by atoms with van der Waals surface area (Å²) in [6, 6.07) is 21.1. The van der Waals surface area contributed by atoms with Crippen LogP contribution in [0.4, 0.5) is 0 Å². The molecule has 3 N–H and O–H groups in total. The number of nitrogens with one attached hydrogen (secondary N) is 3. The van der Waals surface area contributed by atoms with Crippen molar-refractivity contribution in [3.8, 4) is 0 Å². The molecule has 0 unspecified atom stereocenters. The summed E-state index contributed by atoms with van der Waals surface area (Å²) in [6.07, 6.45) is 0.938. The van der Waals surface area contributed by atoms with E-state index < -0.39 is 5.41 Å². The average molecular weight is 381 g/mol. The van der Waals surface area contributed by atoms with Gasteiger partial charge in [0.15, 0.2) is 5.96 Å². The minimum atomic E-state index is -0.511. The summed E-state index contributed by atoms with van der Waals surface area (Å²) in [6.45, 7) is 5.10. The summed E-state index contributed by atoms with van der Waals surface area (Å²) < 4.78 is 0. The first-order chi connectivity index (χ1) is 13.5. The first-order valence-corrected chi connectivity index (χ1v) is 9.74. The topological polar surface area (TPSA) is 65.5 Å². The molecule has 2 aromatic carbocycles. The van der Waals surface area contributed by atoms with E-state index in [0.717, 1.165) is 13.0 Å². The zero-order chi connectivity index (χ0) is 20.4. The molecule has 0 spiro atoms. The van der Waals surface area contributed by atoms with Crippen molar-refractivity contribution in [1.82, 2.24) is 16.0 Å². The van der Waals surface area contributed by atoms with E-state index in [2.05, 4.69) is 69.5 Å². The lowest BCUT2D eigenvalue weighted by molar-refractivity contribution is -0.128. The van der Waals surface area contributed by atoms with Crippen molar-refractivity contribution in [3.05, 3.63) is 71.8 Å². The predicted octanol–water partition coefficient (Wildman–Crippen LogP) is 3.15. The molecule has 0 fully saturated rings. The molecular weight excluding hydrogens is 348 g/mol. The zero-order valence-corrected chi connectivity index (χ0v) is 17.3. The standard InChI is InChI=1S/C23H32N4O/c1-23(2,21(28)24-3)17-27-22(25-4)26-16-15-20(18-11-7-5-8-12-18)19-13-9-6-10-14-19/h5-14,20H,15-17H2,1-4H3,(H,24,28)(H2,25,26,27). The van der Waals surface area contributed by atoms with Crippen molar-refractivity contribution in [2.24, 2.45) is 10.4 Å². The number of benzene rings is 2. The van der Waals surface area contributed by atoms with Crippen LogP contribution in [-0.2, 0) is 4.79 Å². The molecule has 5 nitrogen and oxygen atoms in total. The zero-order valence-electron chi connectivity index (χ0n) is 17.3. The summed E-state index contributed by atoms with van der Waals surface area (Å²) in [7, 11) is 3.40. The summed E-state index contributed by atoms with van der Waals surface area (Å²) in [5, 5.41) is 9.33. The van der Waals surface area contributed by atoms with Gasteiger partial charge in [0.25, 0.3) is 0 Å². The van der Waals surface area contributed by atoms with E-state index in [4.69, 9.17) is 0 Å². The molecule has 2 rings (SSSR count). The maximum atomic E-state index is 11.9. The van der Waals surface area contributed by atoms with E-state index in [-0.39, 0.29) is 5.91 Å². The Hall–Kier alpha value is -2.82. The molecule has 0 radical (unpaired) electrons. The van der Waals surface area contributed by atoms with Crippen LogP contribution in [0, 0.1) is 5.41 Å². The van der Waals surface area contributed by atoms with Gasteiger partial charge in [-0.2, -0.15) is 0 Å². The largest absolute Gasteiger partial charge is 0.359 e. The van der Waals surface area contributed by atoms with Crippen LogP contribution in [0.2, 0.25) is 0 Å². The molecule has 0 saturated carbocycles. The van der Waals surface area contributed by atoms with Gasteiger partial charge in [0, 0.05) is 33.1 Å². The first kappa shape index (κ1) is 21.5. The molecular formula is C23H32N4O. The normalized spacial score (nSPS) is 12.0. The lowest BCUT2D eigenvalue weighted by Gasteiger charge is -2.24. The van der Waals surface area contributed by atoms with Crippen LogP contribution in [0.15, 0.2) is 65.7 Å². The highest BCUT2D eigenvalue weighted by molar-refractivity contribution is 5.84. The number of guanidine groups is 1. The van der Waals surface area contributed by atoms with Gasteiger partial charge in [0.2, 0.25) is 5.91 Å². The van der Waals surface area contributed by atoms with Gasteiger partial charge in [0.05, 0.1) is 5.41 Å². The molecule has 0 aromatic heterocycles.